The number of aryl methyl sites for hydroxylation is 1. The molecule has 3 aromatic rings. The van der Waals surface area contributed by atoms with E-state index < -0.39 is 0 Å². The number of benzene rings is 1. The molecule has 6 nitrogen and oxygen atoms in total. The van der Waals surface area contributed by atoms with E-state index in [1.54, 1.807) is 18.7 Å². The molecule has 0 saturated carbocycles. The molecule has 132 valence electrons. The molecule has 0 amide bonds. The van der Waals surface area contributed by atoms with E-state index in [9.17, 15) is 4.39 Å². The number of hydrogen-bond acceptors (Lipinski definition) is 4. The van der Waals surface area contributed by atoms with Crippen molar-refractivity contribution in [1.82, 2.24) is 29.2 Å². The van der Waals surface area contributed by atoms with Crippen molar-refractivity contribution in [2.75, 3.05) is 6.54 Å². The normalized spacial score (nSPS) is 18.9. The van der Waals surface area contributed by atoms with Crippen LogP contribution in [-0.4, -0.2) is 41.8 Å². The predicted octanol–water partition coefficient (Wildman–Crippen LogP) is 2.84. The molecule has 1 aliphatic rings. The van der Waals surface area contributed by atoms with Gasteiger partial charge in [-0.25, -0.2) is 14.4 Å². The third-order valence-corrected chi connectivity index (χ3v) is 5.08. The molecule has 25 heavy (non-hydrogen) atoms. The van der Waals surface area contributed by atoms with Gasteiger partial charge in [-0.3, -0.25) is 9.58 Å². The second kappa shape index (κ2) is 6.92. The van der Waals surface area contributed by atoms with Crippen molar-refractivity contribution < 1.29 is 4.39 Å². The Morgan fingerprint density at radius 1 is 1.28 bits per heavy atom. The fraction of sp³-hybridized carbons (Fsp3) is 0.500. The second-order valence-electron chi connectivity index (χ2n) is 6.62. The van der Waals surface area contributed by atoms with Crippen LogP contribution < -0.4 is 0 Å². The number of rotatable bonds is 5. The van der Waals surface area contributed by atoms with Crippen LogP contribution in [0.3, 0.4) is 0 Å². The summed E-state index contributed by atoms with van der Waals surface area (Å²) < 4.78 is 18.1. The summed E-state index contributed by atoms with van der Waals surface area (Å²) in [6, 6.07) is 5.59. The van der Waals surface area contributed by atoms with Crippen molar-refractivity contribution in [3.05, 3.63) is 42.5 Å². The number of aromatic nitrogens is 5. The van der Waals surface area contributed by atoms with Gasteiger partial charge < -0.3 is 4.57 Å². The average Bonchev–Trinajstić information content (AvgIpc) is 3.24. The number of nitrogens with zero attached hydrogens (tertiary/aromatic N) is 6. The van der Waals surface area contributed by atoms with Crippen LogP contribution >= 0.6 is 0 Å². The molecule has 0 radical (unpaired) electrons. The van der Waals surface area contributed by atoms with Crippen molar-refractivity contribution in [2.24, 2.45) is 0 Å². The van der Waals surface area contributed by atoms with Gasteiger partial charge in [-0.05, 0) is 38.4 Å². The summed E-state index contributed by atoms with van der Waals surface area (Å²) in [7, 11) is 0. The molecule has 2 aromatic heterocycles. The summed E-state index contributed by atoms with van der Waals surface area (Å²) in [5.74, 6) is 0.692. The lowest BCUT2D eigenvalue weighted by molar-refractivity contribution is 0.117. The zero-order valence-electron chi connectivity index (χ0n) is 14.5. The largest absolute Gasteiger partial charge is 0.327 e. The number of imidazole rings is 1. The quantitative estimate of drug-likeness (QED) is 0.715. The molecule has 1 unspecified atom stereocenters. The van der Waals surface area contributed by atoms with Crippen LogP contribution in [0.1, 0.15) is 32.0 Å². The molecule has 0 bridgehead atoms. The van der Waals surface area contributed by atoms with Crippen molar-refractivity contribution in [1.29, 1.82) is 0 Å². The number of halogens is 1. The summed E-state index contributed by atoms with van der Waals surface area (Å²) in [6.07, 6.45) is 6.90. The Morgan fingerprint density at radius 2 is 2.20 bits per heavy atom. The Morgan fingerprint density at radius 3 is 3.00 bits per heavy atom. The number of hydrogen-bond donors (Lipinski definition) is 0. The minimum atomic E-state index is -0.247. The fourth-order valence-corrected chi connectivity index (χ4v) is 3.83. The number of piperidine rings is 1. The van der Waals surface area contributed by atoms with E-state index >= 15 is 0 Å². The van der Waals surface area contributed by atoms with E-state index in [0.717, 1.165) is 43.9 Å². The summed E-state index contributed by atoms with van der Waals surface area (Å²) in [6.45, 7) is 5.48. The topological polar surface area (TPSA) is 51.8 Å². The van der Waals surface area contributed by atoms with E-state index in [0.29, 0.717) is 11.6 Å². The van der Waals surface area contributed by atoms with Crippen molar-refractivity contribution in [3.63, 3.8) is 0 Å². The molecule has 0 N–H and O–H groups in total. The maximum absolute atomic E-state index is 14.1. The Labute approximate surface area is 146 Å². The first-order chi connectivity index (χ1) is 12.3. The molecule has 1 saturated heterocycles. The van der Waals surface area contributed by atoms with E-state index in [1.807, 2.05) is 10.7 Å². The first kappa shape index (κ1) is 16.2. The monoisotopic (exact) mass is 342 g/mol. The minimum absolute atomic E-state index is 0.247. The summed E-state index contributed by atoms with van der Waals surface area (Å²) in [5, 5.41) is 4.24. The molecule has 1 fully saturated rings. The van der Waals surface area contributed by atoms with Crippen LogP contribution in [0.2, 0.25) is 0 Å². The van der Waals surface area contributed by atoms with Gasteiger partial charge in [0.05, 0.1) is 18.6 Å². The average molecular weight is 342 g/mol. The summed E-state index contributed by atoms with van der Waals surface area (Å²) in [4.78, 5) is 11.1. The molecule has 1 aromatic carbocycles. The number of likely N-dealkylation sites (tertiary alicyclic amines) is 1. The zero-order chi connectivity index (χ0) is 17.2. The van der Waals surface area contributed by atoms with E-state index in [1.165, 1.54) is 18.9 Å². The molecular formula is C18H23FN6. The van der Waals surface area contributed by atoms with Crippen LogP contribution in [0, 0.1) is 5.82 Å². The Kier molecular flexibility index (Phi) is 4.48. The highest BCUT2D eigenvalue weighted by atomic mass is 19.1. The van der Waals surface area contributed by atoms with Gasteiger partial charge in [0.1, 0.15) is 24.0 Å². The molecule has 0 aliphatic carbocycles. The van der Waals surface area contributed by atoms with E-state index in [4.69, 9.17) is 0 Å². The van der Waals surface area contributed by atoms with E-state index in [-0.39, 0.29) is 5.82 Å². The molecule has 7 heteroatoms. The van der Waals surface area contributed by atoms with Gasteiger partial charge in [-0.2, -0.15) is 5.10 Å². The van der Waals surface area contributed by atoms with Crippen LogP contribution in [0.15, 0.2) is 30.9 Å². The van der Waals surface area contributed by atoms with Crippen LogP contribution in [-0.2, 0) is 19.6 Å². The standard InChI is InChI=1S/C18H23FN6/c1-2-25-16-8-5-7-15(19)18(16)22-17(25)11-23-9-4-3-6-14(23)10-24-13-20-12-21-24/h5,7-8,12-14H,2-4,6,9-11H2,1H3. The molecule has 3 heterocycles. The van der Waals surface area contributed by atoms with Gasteiger partial charge in [-0.1, -0.05) is 12.5 Å². The first-order valence-corrected chi connectivity index (χ1v) is 8.96. The lowest BCUT2D eigenvalue weighted by Crippen LogP contribution is -2.42. The number of para-hydroxylation sites is 1. The lowest BCUT2D eigenvalue weighted by Gasteiger charge is -2.35. The maximum Gasteiger partial charge on any atom is 0.151 e. The molecule has 1 aliphatic heterocycles. The van der Waals surface area contributed by atoms with Gasteiger partial charge in [0.25, 0.3) is 0 Å². The Hall–Kier alpha value is -2.28. The maximum atomic E-state index is 14.1. The van der Waals surface area contributed by atoms with Crippen molar-refractivity contribution in [3.8, 4) is 0 Å². The van der Waals surface area contributed by atoms with Crippen LogP contribution in [0.4, 0.5) is 4.39 Å². The van der Waals surface area contributed by atoms with Gasteiger partial charge >= 0.3 is 0 Å². The van der Waals surface area contributed by atoms with E-state index in [2.05, 4.69) is 31.5 Å². The SMILES string of the molecule is CCn1c(CN2CCCCC2Cn2cncn2)nc2c(F)cccc21. The minimum Gasteiger partial charge on any atom is -0.327 e. The summed E-state index contributed by atoms with van der Waals surface area (Å²) in [5.41, 5.74) is 1.35. The highest BCUT2D eigenvalue weighted by Gasteiger charge is 2.25. The highest BCUT2D eigenvalue weighted by molar-refractivity contribution is 5.76. The van der Waals surface area contributed by atoms with Gasteiger partial charge in [-0.15, -0.1) is 0 Å². The second-order valence-corrected chi connectivity index (χ2v) is 6.62. The Bertz CT molecular complexity index is 841. The number of fused-ring (bicyclic) bond motifs is 1. The van der Waals surface area contributed by atoms with Crippen LogP contribution in [0.5, 0.6) is 0 Å². The fourth-order valence-electron chi connectivity index (χ4n) is 3.83. The zero-order valence-corrected chi connectivity index (χ0v) is 14.5. The van der Waals surface area contributed by atoms with Crippen LogP contribution in [0.25, 0.3) is 11.0 Å². The molecule has 0 spiro atoms. The summed E-state index contributed by atoms with van der Waals surface area (Å²) >= 11 is 0. The lowest BCUT2D eigenvalue weighted by atomic mass is 10.0. The smallest absolute Gasteiger partial charge is 0.151 e. The third kappa shape index (κ3) is 3.16. The van der Waals surface area contributed by atoms with Crippen molar-refractivity contribution in [2.45, 2.75) is 51.9 Å². The molecule has 4 rings (SSSR count). The highest BCUT2D eigenvalue weighted by Crippen LogP contribution is 2.24. The van der Waals surface area contributed by atoms with Gasteiger partial charge in [0.15, 0.2) is 5.82 Å². The molecular weight excluding hydrogens is 319 g/mol. The van der Waals surface area contributed by atoms with Gasteiger partial charge in [0, 0.05) is 12.6 Å². The predicted molar refractivity (Wildman–Crippen MR) is 93.4 cm³/mol. The first-order valence-electron chi connectivity index (χ1n) is 8.96. The Balaban J connectivity index is 1.61. The third-order valence-electron chi connectivity index (χ3n) is 5.08. The molecule has 1 atom stereocenters. The van der Waals surface area contributed by atoms with Crippen molar-refractivity contribution >= 4 is 11.0 Å². The van der Waals surface area contributed by atoms with Gasteiger partial charge in [0.2, 0.25) is 0 Å².